The molecular weight excluding hydrogens is 162 g/mol. The van der Waals surface area contributed by atoms with Gasteiger partial charge in [-0.3, -0.25) is 0 Å². The second kappa shape index (κ2) is 4.67. The van der Waals surface area contributed by atoms with E-state index in [9.17, 15) is 0 Å². The first-order valence-corrected chi connectivity index (χ1v) is 4.39. The predicted octanol–water partition coefficient (Wildman–Crippen LogP) is 2.15. The zero-order chi connectivity index (χ0) is 9.68. The Morgan fingerprint density at radius 1 is 1.54 bits per heavy atom. The normalized spacial score (nSPS) is 9.69. The first-order valence-electron chi connectivity index (χ1n) is 4.39. The van der Waals surface area contributed by atoms with E-state index in [2.05, 4.69) is 6.58 Å². The number of benzene rings is 1. The molecule has 0 unspecified atom stereocenters. The van der Waals surface area contributed by atoms with Crippen molar-refractivity contribution < 1.29 is 4.74 Å². The molecule has 0 spiro atoms. The maximum atomic E-state index is 5.52. The lowest BCUT2D eigenvalue weighted by Gasteiger charge is -2.07. The van der Waals surface area contributed by atoms with Crippen molar-refractivity contribution in [3.63, 3.8) is 0 Å². The summed E-state index contributed by atoms with van der Waals surface area (Å²) < 4.78 is 5.29. The van der Waals surface area contributed by atoms with Gasteiger partial charge in [0.15, 0.2) is 0 Å². The van der Waals surface area contributed by atoms with E-state index >= 15 is 0 Å². The molecule has 0 aromatic heterocycles. The van der Waals surface area contributed by atoms with Gasteiger partial charge < -0.3 is 10.5 Å². The Morgan fingerprint density at radius 3 is 2.92 bits per heavy atom. The zero-order valence-corrected chi connectivity index (χ0v) is 7.92. The molecule has 0 fully saturated rings. The SMILES string of the molecule is C=C(OCC)c1cccc(CN)c1. The van der Waals surface area contributed by atoms with E-state index in [0.29, 0.717) is 18.9 Å². The third-order valence-electron chi connectivity index (χ3n) is 1.80. The quantitative estimate of drug-likeness (QED) is 0.715. The first kappa shape index (κ1) is 9.81. The molecule has 0 amide bonds. The van der Waals surface area contributed by atoms with E-state index in [4.69, 9.17) is 10.5 Å². The summed E-state index contributed by atoms with van der Waals surface area (Å²) in [6.45, 7) is 6.96. The van der Waals surface area contributed by atoms with Gasteiger partial charge in [-0.25, -0.2) is 0 Å². The number of ether oxygens (including phenoxy) is 1. The monoisotopic (exact) mass is 177 g/mol. The summed E-state index contributed by atoms with van der Waals surface area (Å²) in [6, 6.07) is 7.92. The Bertz CT molecular complexity index is 294. The van der Waals surface area contributed by atoms with E-state index in [1.54, 1.807) is 0 Å². The van der Waals surface area contributed by atoms with E-state index in [1.165, 1.54) is 0 Å². The summed E-state index contributed by atoms with van der Waals surface area (Å²) in [5.74, 6) is 0.706. The molecular formula is C11H15NO. The fraction of sp³-hybridized carbons (Fsp3) is 0.273. The van der Waals surface area contributed by atoms with Crippen LogP contribution in [0, 0.1) is 0 Å². The minimum absolute atomic E-state index is 0.549. The van der Waals surface area contributed by atoms with Crippen LogP contribution in [-0.2, 0) is 11.3 Å². The van der Waals surface area contributed by atoms with Crippen molar-refractivity contribution in [1.82, 2.24) is 0 Å². The maximum absolute atomic E-state index is 5.52. The van der Waals surface area contributed by atoms with E-state index < -0.39 is 0 Å². The van der Waals surface area contributed by atoms with Gasteiger partial charge in [0, 0.05) is 12.1 Å². The maximum Gasteiger partial charge on any atom is 0.119 e. The minimum atomic E-state index is 0.549. The van der Waals surface area contributed by atoms with Crippen LogP contribution in [0.4, 0.5) is 0 Å². The van der Waals surface area contributed by atoms with Gasteiger partial charge in [0.05, 0.1) is 6.61 Å². The second-order valence-corrected chi connectivity index (χ2v) is 2.76. The van der Waals surface area contributed by atoms with Gasteiger partial charge in [0.2, 0.25) is 0 Å². The van der Waals surface area contributed by atoms with Gasteiger partial charge in [-0.2, -0.15) is 0 Å². The molecule has 2 nitrogen and oxygen atoms in total. The van der Waals surface area contributed by atoms with E-state index in [-0.39, 0.29) is 0 Å². The van der Waals surface area contributed by atoms with Crippen molar-refractivity contribution in [1.29, 1.82) is 0 Å². The molecule has 70 valence electrons. The van der Waals surface area contributed by atoms with Gasteiger partial charge in [-0.1, -0.05) is 24.8 Å². The Hall–Kier alpha value is -1.28. The molecule has 1 rings (SSSR count). The summed E-state index contributed by atoms with van der Waals surface area (Å²) in [6.07, 6.45) is 0. The summed E-state index contributed by atoms with van der Waals surface area (Å²) in [7, 11) is 0. The van der Waals surface area contributed by atoms with Crippen LogP contribution < -0.4 is 5.73 Å². The Kier molecular flexibility index (Phi) is 3.53. The van der Waals surface area contributed by atoms with Gasteiger partial charge in [-0.15, -0.1) is 0 Å². The average molecular weight is 177 g/mol. The lowest BCUT2D eigenvalue weighted by Crippen LogP contribution is -1.97. The minimum Gasteiger partial charge on any atom is -0.494 e. The highest BCUT2D eigenvalue weighted by Gasteiger charge is 1.99. The summed E-state index contributed by atoms with van der Waals surface area (Å²) in [5.41, 5.74) is 7.62. The lowest BCUT2D eigenvalue weighted by atomic mass is 10.1. The van der Waals surface area contributed by atoms with Crippen molar-refractivity contribution in [2.75, 3.05) is 6.61 Å². The third-order valence-corrected chi connectivity index (χ3v) is 1.80. The van der Waals surface area contributed by atoms with E-state index in [1.807, 2.05) is 31.2 Å². The van der Waals surface area contributed by atoms with Crippen LogP contribution in [0.5, 0.6) is 0 Å². The van der Waals surface area contributed by atoms with Crippen molar-refractivity contribution in [3.8, 4) is 0 Å². The van der Waals surface area contributed by atoms with Crippen LogP contribution in [-0.4, -0.2) is 6.61 Å². The van der Waals surface area contributed by atoms with Crippen molar-refractivity contribution in [3.05, 3.63) is 42.0 Å². The molecule has 1 aromatic carbocycles. The van der Waals surface area contributed by atoms with E-state index in [0.717, 1.165) is 11.1 Å². The number of hydrogen-bond donors (Lipinski definition) is 1. The molecule has 2 heteroatoms. The highest BCUT2D eigenvalue weighted by atomic mass is 16.5. The Labute approximate surface area is 79.0 Å². The topological polar surface area (TPSA) is 35.2 Å². The Balaban J connectivity index is 2.82. The predicted molar refractivity (Wildman–Crippen MR) is 55.0 cm³/mol. The summed E-state index contributed by atoms with van der Waals surface area (Å²) in [5, 5.41) is 0. The number of hydrogen-bond acceptors (Lipinski definition) is 2. The molecule has 13 heavy (non-hydrogen) atoms. The van der Waals surface area contributed by atoms with Crippen molar-refractivity contribution >= 4 is 5.76 Å². The molecule has 2 N–H and O–H groups in total. The second-order valence-electron chi connectivity index (χ2n) is 2.76. The van der Waals surface area contributed by atoms with Gasteiger partial charge >= 0.3 is 0 Å². The fourth-order valence-electron chi connectivity index (χ4n) is 1.13. The summed E-state index contributed by atoms with van der Waals surface area (Å²) in [4.78, 5) is 0. The van der Waals surface area contributed by atoms with Crippen LogP contribution >= 0.6 is 0 Å². The number of nitrogens with two attached hydrogens (primary N) is 1. The molecule has 0 aliphatic heterocycles. The first-order chi connectivity index (χ1) is 6.27. The molecule has 0 radical (unpaired) electrons. The van der Waals surface area contributed by atoms with Gasteiger partial charge in [-0.05, 0) is 18.6 Å². The highest BCUT2D eigenvalue weighted by Crippen LogP contribution is 2.14. The smallest absolute Gasteiger partial charge is 0.119 e. The molecule has 0 saturated carbocycles. The molecule has 0 atom stereocenters. The molecule has 0 bridgehead atoms. The van der Waals surface area contributed by atoms with Crippen molar-refractivity contribution in [2.45, 2.75) is 13.5 Å². The molecule has 0 aliphatic rings. The van der Waals surface area contributed by atoms with Gasteiger partial charge in [0.25, 0.3) is 0 Å². The largest absolute Gasteiger partial charge is 0.494 e. The van der Waals surface area contributed by atoms with Crippen LogP contribution in [0.15, 0.2) is 30.8 Å². The third kappa shape index (κ3) is 2.60. The van der Waals surface area contributed by atoms with Crippen LogP contribution in [0.2, 0.25) is 0 Å². The lowest BCUT2D eigenvalue weighted by molar-refractivity contribution is 0.299. The van der Waals surface area contributed by atoms with Crippen LogP contribution in [0.1, 0.15) is 18.1 Å². The number of rotatable bonds is 4. The van der Waals surface area contributed by atoms with Crippen molar-refractivity contribution in [2.24, 2.45) is 5.73 Å². The van der Waals surface area contributed by atoms with Gasteiger partial charge in [0.1, 0.15) is 5.76 Å². The molecule has 0 saturated heterocycles. The van der Waals surface area contributed by atoms with Crippen LogP contribution in [0.25, 0.3) is 5.76 Å². The average Bonchev–Trinajstić information content (AvgIpc) is 2.18. The molecule has 1 aromatic rings. The fourth-order valence-corrected chi connectivity index (χ4v) is 1.13. The highest BCUT2D eigenvalue weighted by molar-refractivity contribution is 5.58. The standard InChI is InChI=1S/C11H15NO/c1-3-13-9(2)11-6-4-5-10(7-11)8-12/h4-7H,2-3,8,12H2,1H3. The molecule has 0 aliphatic carbocycles. The molecule has 0 heterocycles. The Morgan fingerprint density at radius 2 is 2.31 bits per heavy atom. The van der Waals surface area contributed by atoms with Crippen LogP contribution in [0.3, 0.4) is 0 Å². The summed E-state index contributed by atoms with van der Waals surface area (Å²) >= 11 is 0. The zero-order valence-electron chi connectivity index (χ0n) is 7.92.